The molecule has 0 amide bonds. The van der Waals surface area contributed by atoms with Gasteiger partial charge in [0.1, 0.15) is 4.21 Å². The summed E-state index contributed by atoms with van der Waals surface area (Å²) in [6, 6.07) is 3.40. The Kier molecular flexibility index (Phi) is 6.41. The van der Waals surface area contributed by atoms with E-state index in [4.69, 9.17) is 5.73 Å². The topological polar surface area (TPSA) is 75.4 Å². The van der Waals surface area contributed by atoms with E-state index in [1.54, 1.807) is 6.07 Å². The summed E-state index contributed by atoms with van der Waals surface area (Å²) in [4.78, 5) is 3.04. The molecule has 1 aromatic rings. The molecule has 0 saturated carbocycles. The highest BCUT2D eigenvalue weighted by Crippen LogP contribution is 2.22. The number of nitrogens with zero attached hydrogens (tertiary/aromatic N) is 1. The average molecular weight is 305 g/mol. The summed E-state index contributed by atoms with van der Waals surface area (Å²) in [5, 5.41) is 0. The van der Waals surface area contributed by atoms with Gasteiger partial charge < -0.3 is 10.6 Å². The van der Waals surface area contributed by atoms with Crippen LogP contribution in [0.3, 0.4) is 0 Å². The van der Waals surface area contributed by atoms with Gasteiger partial charge in [0.25, 0.3) is 0 Å². The van der Waals surface area contributed by atoms with Gasteiger partial charge in [-0.15, -0.1) is 11.3 Å². The molecule has 0 aromatic carbocycles. The Hall–Kier alpha value is -0.470. The van der Waals surface area contributed by atoms with Crippen LogP contribution in [0.4, 0.5) is 0 Å². The van der Waals surface area contributed by atoms with Crippen molar-refractivity contribution in [1.82, 2.24) is 9.62 Å². The first-order valence-electron chi connectivity index (χ1n) is 6.31. The quantitative estimate of drug-likeness (QED) is 0.747. The molecule has 0 saturated heterocycles. The largest absolute Gasteiger partial charge is 0.330 e. The second kappa shape index (κ2) is 7.35. The predicted octanol–water partition coefficient (Wildman–Crippen LogP) is 0.868. The minimum absolute atomic E-state index is 0.0764. The highest BCUT2D eigenvalue weighted by atomic mass is 32.2. The molecule has 1 unspecified atom stereocenters. The Balaban J connectivity index is 2.64. The molecule has 0 fully saturated rings. The number of nitrogens with two attached hydrogens (primary N) is 1. The molecule has 1 aromatic heterocycles. The Morgan fingerprint density at radius 2 is 2.11 bits per heavy atom. The van der Waals surface area contributed by atoms with E-state index in [2.05, 4.69) is 4.72 Å². The number of sulfonamides is 1. The third-order valence-corrected chi connectivity index (χ3v) is 5.88. The molecule has 0 spiro atoms. The highest BCUT2D eigenvalue weighted by molar-refractivity contribution is 7.91. The van der Waals surface area contributed by atoms with Crippen LogP contribution in [0.2, 0.25) is 0 Å². The van der Waals surface area contributed by atoms with Crippen molar-refractivity contribution in [3.8, 4) is 0 Å². The molecule has 7 heteroatoms. The molecular formula is C12H23N3O2S2. The van der Waals surface area contributed by atoms with Gasteiger partial charge >= 0.3 is 0 Å². The maximum absolute atomic E-state index is 12.2. The molecule has 0 aliphatic carbocycles. The van der Waals surface area contributed by atoms with Crippen molar-refractivity contribution in [3.05, 3.63) is 17.0 Å². The van der Waals surface area contributed by atoms with E-state index < -0.39 is 10.0 Å². The Labute approximate surface area is 119 Å². The van der Waals surface area contributed by atoms with Crippen LogP contribution in [0.25, 0.3) is 0 Å². The van der Waals surface area contributed by atoms with Crippen LogP contribution in [-0.4, -0.2) is 46.5 Å². The molecule has 0 radical (unpaired) electrons. The minimum Gasteiger partial charge on any atom is -0.330 e. The van der Waals surface area contributed by atoms with Crippen LogP contribution in [-0.2, 0) is 16.4 Å². The summed E-state index contributed by atoms with van der Waals surface area (Å²) in [6.45, 7) is 3.27. The zero-order valence-corrected chi connectivity index (χ0v) is 13.4. The normalized spacial score (nSPS) is 13.9. The molecule has 1 atom stereocenters. The second-order valence-corrected chi connectivity index (χ2v) is 7.98. The van der Waals surface area contributed by atoms with Crippen LogP contribution in [0.5, 0.6) is 0 Å². The second-order valence-electron chi connectivity index (χ2n) is 4.87. The smallest absolute Gasteiger partial charge is 0.250 e. The van der Waals surface area contributed by atoms with E-state index in [0.29, 0.717) is 10.8 Å². The lowest BCUT2D eigenvalue weighted by Gasteiger charge is -2.16. The first-order valence-corrected chi connectivity index (χ1v) is 8.61. The summed E-state index contributed by atoms with van der Waals surface area (Å²) in [5.74, 6) is 0. The van der Waals surface area contributed by atoms with E-state index in [1.807, 2.05) is 32.0 Å². The van der Waals surface area contributed by atoms with E-state index >= 15 is 0 Å². The van der Waals surface area contributed by atoms with Crippen molar-refractivity contribution in [2.24, 2.45) is 5.73 Å². The van der Waals surface area contributed by atoms with E-state index in [9.17, 15) is 8.42 Å². The minimum atomic E-state index is -3.40. The van der Waals surface area contributed by atoms with Crippen molar-refractivity contribution >= 4 is 21.4 Å². The summed E-state index contributed by atoms with van der Waals surface area (Å²) in [6.07, 6.45) is 1.50. The van der Waals surface area contributed by atoms with Gasteiger partial charge in [-0.1, -0.05) is 0 Å². The third-order valence-electron chi connectivity index (χ3n) is 2.66. The molecule has 1 rings (SSSR count). The molecule has 3 N–H and O–H groups in total. The van der Waals surface area contributed by atoms with Gasteiger partial charge in [-0.05, 0) is 59.1 Å². The molecule has 0 aliphatic heterocycles. The lowest BCUT2D eigenvalue weighted by Crippen LogP contribution is -2.34. The Morgan fingerprint density at radius 3 is 2.68 bits per heavy atom. The fraction of sp³-hybridized carbons (Fsp3) is 0.667. The zero-order chi connectivity index (χ0) is 14.5. The predicted molar refractivity (Wildman–Crippen MR) is 80.0 cm³/mol. The molecular weight excluding hydrogens is 282 g/mol. The van der Waals surface area contributed by atoms with Gasteiger partial charge in [0, 0.05) is 10.9 Å². The van der Waals surface area contributed by atoms with Crippen LogP contribution in [0, 0.1) is 0 Å². The van der Waals surface area contributed by atoms with Crippen molar-refractivity contribution in [1.29, 1.82) is 0 Å². The first-order chi connectivity index (χ1) is 8.85. The van der Waals surface area contributed by atoms with Gasteiger partial charge in [-0.2, -0.15) is 0 Å². The Bertz CT molecular complexity index is 483. The molecule has 0 bridgehead atoms. The van der Waals surface area contributed by atoms with Gasteiger partial charge in [0.15, 0.2) is 0 Å². The average Bonchev–Trinajstić information content (AvgIpc) is 2.76. The number of nitrogens with one attached hydrogen (secondary N) is 1. The number of thiophene rings is 1. The van der Waals surface area contributed by atoms with E-state index in [-0.39, 0.29) is 6.04 Å². The standard InChI is InChI=1S/C12H23N3O2S2/c1-10(7-9-15(2)3)14-19(16,17)12-5-4-11(18-12)6-8-13/h4-5,10,14H,6-9,13H2,1-3H3. The van der Waals surface area contributed by atoms with Crippen molar-refractivity contribution < 1.29 is 8.42 Å². The zero-order valence-electron chi connectivity index (χ0n) is 11.7. The molecule has 5 nitrogen and oxygen atoms in total. The lowest BCUT2D eigenvalue weighted by molar-refractivity contribution is 0.379. The van der Waals surface area contributed by atoms with Crippen molar-refractivity contribution in [3.63, 3.8) is 0 Å². The van der Waals surface area contributed by atoms with Crippen LogP contribution >= 0.6 is 11.3 Å². The third kappa shape index (κ3) is 5.58. The van der Waals surface area contributed by atoms with Gasteiger partial charge in [0.2, 0.25) is 10.0 Å². The molecule has 19 heavy (non-hydrogen) atoms. The van der Waals surface area contributed by atoms with E-state index in [1.165, 1.54) is 11.3 Å². The summed E-state index contributed by atoms with van der Waals surface area (Å²) >= 11 is 1.29. The molecule has 0 aliphatic rings. The lowest BCUT2D eigenvalue weighted by atomic mass is 10.2. The Morgan fingerprint density at radius 1 is 1.42 bits per heavy atom. The van der Waals surface area contributed by atoms with Gasteiger partial charge in [-0.3, -0.25) is 0 Å². The molecule has 1 heterocycles. The highest BCUT2D eigenvalue weighted by Gasteiger charge is 2.19. The van der Waals surface area contributed by atoms with Crippen LogP contribution in [0.1, 0.15) is 18.2 Å². The first kappa shape index (κ1) is 16.6. The maximum Gasteiger partial charge on any atom is 0.250 e. The molecule has 110 valence electrons. The summed E-state index contributed by atoms with van der Waals surface area (Å²) in [7, 11) is 0.548. The summed E-state index contributed by atoms with van der Waals surface area (Å²) < 4.78 is 27.4. The SMILES string of the molecule is CC(CCN(C)C)NS(=O)(=O)c1ccc(CCN)s1. The fourth-order valence-electron chi connectivity index (χ4n) is 1.61. The van der Waals surface area contributed by atoms with Crippen LogP contribution in [0.15, 0.2) is 16.3 Å². The van der Waals surface area contributed by atoms with Gasteiger partial charge in [-0.25, -0.2) is 13.1 Å². The van der Waals surface area contributed by atoms with Crippen molar-refractivity contribution in [2.45, 2.75) is 30.0 Å². The number of hydrogen-bond donors (Lipinski definition) is 2. The number of rotatable bonds is 8. The monoisotopic (exact) mass is 305 g/mol. The van der Waals surface area contributed by atoms with Crippen LogP contribution < -0.4 is 10.5 Å². The maximum atomic E-state index is 12.2. The fourth-order valence-corrected chi connectivity index (χ4v) is 4.28. The van der Waals surface area contributed by atoms with Gasteiger partial charge in [0.05, 0.1) is 0 Å². The number of hydrogen-bond acceptors (Lipinski definition) is 5. The van der Waals surface area contributed by atoms with Crippen molar-refractivity contribution in [2.75, 3.05) is 27.2 Å². The van der Waals surface area contributed by atoms with E-state index in [0.717, 1.165) is 24.3 Å². The summed E-state index contributed by atoms with van der Waals surface area (Å²) in [5.41, 5.74) is 5.46.